The normalized spacial score (nSPS) is 24.7. The van der Waals surface area contributed by atoms with Gasteiger partial charge in [0.2, 0.25) is 29.4 Å². The first kappa shape index (κ1) is 29.2. The van der Waals surface area contributed by atoms with Crippen LogP contribution in [0.15, 0.2) is 30.3 Å². The van der Waals surface area contributed by atoms with Gasteiger partial charge < -0.3 is 26.6 Å². The minimum atomic E-state index is -1.24. The van der Waals surface area contributed by atoms with E-state index in [1.54, 1.807) is 6.92 Å². The molecular formula is C29H39N5O6. The van der Waals surface area contributed by atoms with Crippen LogP contribution in [0.3, 0.4) is 0 Å². The number of hydrogen-bond donors (Lipinski definition) is 5. The lowest BCUT2D eigenvalue weighted by Crippen LogP contribution is -2.63. The summed E-state index contributed by atoms with van der Waals surface area (Å²) in [4.78, 5) is 76.9. The van der Waals surface area contributed by atoms with Crippen molar-refractivity contribution in [1.29, 1.82) is 0 Å². The molecule has 3 aliphatic carbocycles. The Morgan fingerprint density at radius 2 is 1.65 bits per heavy atom. The van der Waals surface area contributed by atoms with E-state index in [1.807, 2.05) is 37.3 Å². The van der Waals surface area contributed by atoms with Gasteiger partial charge in [-0.3, -0.25) is 28.8 Å². The number of ketones is 1. The average Bonchev–Trinajstić information content (AvgIpc) is 3.28. The summed E-state index contributed by atoms with van der Waals surface area (Å²) in [5.41, 5.74) is 0.473. The molecule has 1 aromatic rings. The molecule has 5 N–H and O–H groups in total. The molecule has 0 aromatic heterocycles. The van der Waals surface area contributed by atoms with E-state index in [-0.39, 0.29) is 36.6 Å². The molecule has 4 aliphatic rings. The lowest BCUT2D eigenvalue weighted by molar-refractivity contribution is -0.166. The fourth-order valence-electron chi connectivity index (χ4n) is 5.71. The van der Waals surface area contributed by atoms with Gasteiger partial charge in [0.15, 0.2) is 0 Å². The number of rotatable bonds is 14. The van der Waals surface area contributed by atoms with Crippen molar-refractivity contribution in [2.24, 2.45) is 17.3 Å². The molecule has 0 spiro atoms. The first-order valence-corrected chi connectivity index (χ1v) is 14.2. The summed E-state index contributed by atoms with van der Waals surface area (Å²) in [5.74, 6) is -3.12. The Morgan fingerprint density at radius 3 is 2.23 bits per heavy atom. The van der Waals surface area contributed by atoms with Gasteiger partial charge >= 0.3 is 0 Å². The molecule has 40 heavy (non-hydrogen) atoms. The summed E-state index contributed by atoms with van der Waals surface area (Å²) >= 11 is 0. The van der Waals surface area contributed by atoms with Crippen LogP contribution >= 0.6 is 0 Å². The molecule has 11 nitrogen and oxygen atoms in total. The maximum Gasteiger partial charge on any atom is 0.289 e. The highest BCUT2D eigenvalue weighted by molar-refractivity contribution is 6.38. The summed E-state index contributed by atoms with van der Waals surface area (Å²) in [5, 5.41) is 13.4. The van der Waals surface area contributed by atoms with Gasteiger partial charge in [0.1, 0.15) is 12.1 Å². The maximum atomic E-state index is 13.3. The Kier molecular flexibility index (Phi) is 9.21. The third-order valence-corrected chi connectivity index (χ3v) is 8.31. The molecule has 4 fully saturated rings. The number of nitrogens with one attached hydrogen (secondary N) is 5. The fraction of sp³-hybridized carbons (Fsp3) is 0.586. The highest BCUT2D eigenvalue weighted by Crippen LogP contribution is 2.64. The monoisotopic (exact) mass is 553 g/mol. The quantitative estimate of drug-likeness (QED) is 0.210. The summed E-state index contributed by atoms with van der Waals surface area (Å²) in [7, 11) is 0. The number of Topliss-reactive ketones (excluding diaryl/α,β-unsaturated/α-hetero) is 1. The van der Waals surface area contributed by atoms with E-state index in [4.69, 9.17) is 0 Å². The average molecular weight is 554 g/mol. The van der Waals surface area contributed by atoms with Gasteiger partial charge in [0.25, 0.3) is 5.91 Å². The maximum absolute atomic E-state index is 13.3. The van der Waals surface area contributed by atoms with E-state index in [2.05, 4.69) is 26.6 Å². The van der Waals surface area contributed by atoms with Gasteiger partial charge in [-0.2, -0.15) is 0 Å². The van der Waals surface area contributed by atoms with Crippen molar-refractivity contribution in [3.05, 3.63) is 35.9 Å². The molecule has 216 valence electrons. The van der Waals surface area contributed by atoms with Crippen molar-refractivity contribution >= 4 is 35.3 Å². The molecule has 5 amide bonds. The zero-order valence-electron chi connectivity index (χ0n) is 23.1. The highest BCUT2D eigenvalue weighted by atomic mass is 16.2. The highest BCUT2D eigenvalue weighted by Gasteiger charge is 2.61. The predicted molar refractivity (Wildman–Crippen MR) is 145 cm³/mol. The molecule has 1 aliphatic heterocycles. The van der Waals surface area contributed by atoms with Crippen LogP contribution < -0.4 is 26.6 Å². The molecule has 0 radical (unpaired) electrons. The number of benzene rings is 1. The number of amides is 5. The Labute approximate surface area is 234 Å². The van der Waals surface area contributed by atoms with Crippen molar-refractivity contribution in [3.8, 4) is 0 Å². The minimum Gasteiger partial charge on any atom is -0.356 e. The van der Waals surface area contributed by atoms with Crippen LogP contribution in [0, 0.1) is 17.3 Å². The zero-order chi connectivity index (χ0) is 28.9. The van der Waals surface area contributed by atoms with Crippen molar-refractivity contribution in [2.45, 2.75) is 83.5 Å². The van der Waals surface area contributed by atoms with Crippen molar-refractivity contribution in [2.75, 3.05) is 6.54 Å². The van der Waals surface area contributed by atoms with Crippen molar-refractivity contribution < 1.29 is 28.8 Å². The van der Waals surface area contributed by atoms with Crippen LogP contribution in [0.4, 0.5) is 0 Å². The standard InChI is InChI=1S/C29H39N5O6/c1-3-7-21(33-24(36)17(2)32-28(40)29-13-19(14-29)15-29)26(38)34-22(12-20-10-11-30-25(20)37)23(35)27(39)31-16-18-8-5-4-6-9-18/h4-6,8-9,17,19-22H,3,7,10-16H2,1-2H3,(H,30,37)(H,31,39)(H,32,40)(H,33,36)(H,34,38)/t17-,19?,20+,21+,22+,29?/m1/s1. The molecule has 2 bridgehead atoms. The van der Waals surface area contributed by atoms with Crippen LogP contribution in [0.25, 0.3) is 0 Å². The predicted octanol–water partition coefficient (Wildman–Crippen LogP) is 0.473. The first-order valence-electron chi connectivity index (χ1n) is 14.2. The molecule has 1 aromatic carbocycles. The van der Waals surface area contributed by atoms with E-state index < -0.39 is 47.5 Å². The molecule has 11 heteroatoms. The van der Waals surface area contributed by atoms with E-state index in [9.17, 15) is 28.8 Å². The lowest BCUT2D eigenvalue weighted by atomic mass is 9.44. The van der Waals surface area contributed by atoms with Gasteiger partial charge in [-0.25, -0.2) is 0 Å². The molecule has 3 saturated carbocycles. The van der Waals surface area contributed by atoms with E-state index in [0.717, 1.165) is 24.8 Å². The fourth-order valence-corrected chi connectivity index (χ4v) is 5.71. The Hall–Kier alpha value is -3.76. The lowest BCUT2D eigenvalue weighted by Gasteiger charge is -2.60. The van der Waals surface area contributed by atoms with Crippen LogP contribution in [-0.2, 0) is 35.3 Å². The van der Waals surface area contributed by atoms with E-state index in [1.165, 1.54) is 0 Å². The molecule has 0 unspecified atom stereocenters. The Balaban J connectivity index is 1.38. The molecule has 1 saturated heterocycles. The smallest absolute Gasteiger partial charge is 0.289 e. The Morgan fingerprint density at radius 1 is 0.975 bits per heavy atom. The third-order valence-electron chi connectivity index (χ3n) is 8.31. The van der Waals surface area contributed by atoms with Crippen molar-refractivity contribution in [1.82, 2.24) is 26.6 Å². The topological polar surface area (TPSA) is 163 Å². The van der Waals surface area contributed by atoms with Crippen LogP contribution in [0.5, 0.6) is 0 Å². The number of carbonyl (C=O) groups is 6. The second-order valence-corrected chi connectivity index (χ2v) is 11.4. The van der Waals surface area contributed by atoms with Gasteiger partial charge in [0.05, 0.1) is 6.04 Å². The summed E-state index contributed by atoms with van der Waals surface area (Å²) in [6.07, 6.45) is 3.89. The van der Waals surface area contributed by atoms with E-state index >= 15 is 0 Å². The van der Waals surface area contributed by atoms with E-state index in [0.29, 0.717) is 25.3 Å². The first-order chi connectivity index (χ1) is 19.1. The Bertz CT molecular complexity index is 1140. The third kappa shape index (κ3) is 6.68. The number of carbonyl (C=O) groups excluding carboxylic acids is 6. The number of hydrogen-bond acceptors (Lipinski definition) is 6. The largest absolute Gasteiger partial charge is 0.356 e. The molecule has 4 atom stereocenters. The summed E-state index contributed by atoms with van der Waals surface area (Å²) in [6, 6.07) is 6.03. The SMILES string of the molecule is CCC[C@H](NC(=O)[C@@H](C)NC(=O)C12CC(C1)C2)C(=O)N[C@@H](C[C@@H]1CCNC1=O)C(=O)C(=O)NCc1ccccc1. The minimum absolute atomic E-state index is 0.0303. The summed E-state index contributed by atoms with van der Waals surface area (Å²) < 4.78 is 0. The van der Waals surface area contributed by atoms with Crippen LogP contribution in [0.1, 0.15) is 64.4 Å². The second kappa shape index (κ2) is 12.6. The van der Waals surface area contributed by atoms with Gasteiger partial charge in [-0.05, 0) is 56.9 Å². The van der Waals surface area contributed by atoms with Gasteiger partial charge in [0, 0.05) is 24.4 Å². The zero-order valence-corrected chi connectivity index (χ0v) is 23.1. The molecule has 5 rings (SSSR count). The van der Waals surface area contributed by atoms with Crippen LogP contribution in [-0.4, -0.2) is 60.0 Å². The second-order valence-electron chi connectivity index (χ2n) is 11.4. The summed E-state index contributed by atoms with van der Waals surface area (Å²) in [6.45, 7) is 4.01. The molecule has 1 heterocycles. The van der Waals surface area contributed by atoms with Crippen molar-refractivity contribution in [3.63, 3.8) is 0 Å². The van der Waals surface area contributed by atoms with Gasteiger partial charge in [-0.15, -0.1) is 0 Å². The van der Waals surface area contributed by atoms with Gasteiger partial charge in [-0.1, -0.05) is 43.7 Å². The molecular weight excluding hydrogens is 514 g/mol. The van der Waals surface area contributed by atoms with Crippen LogP contribution in [0.2, 0.25) is 0 Å².